The Bertz CT molecular complexity index is 5650. The van der Waals surface area contributed by atoms with Gasteiger partial charge in [0.1, 0.15) is 0 Å². The highest BCUT2D eigenvalue weighted by Crippen LogP contribution is 2.50. The van der Waals surface area contributed by atoms with Gasteiger partial charge in [-0.05, 0) is 117 Å². The molecule has 0 unspecified atom stereocenters. The highest BCUT2D eigenvalue weighted by atomic mass is 15.1. The molecule has 6 aromatic heterocycles. The maximum Gasteiger partial charge on any atom is 0.0663 e. The average Bonchev–Trinajstić information content (AvgIpc) is 1.60. The van der Waals surface area contributed by atoms with E-state index in [4.69, 9.17) is 0 Å². The highest BCUT2D eigenvalue weighted by molar-refractivity contribution is 6.37. The van der Waals surface area contributed by atoms with Crippen molar-refractivity contribution in [1.82, 2.24) is 27.4 Å². The SMILES string of the molecule is C/C=C\C=C/c1cn(-c2cccc(-n3c4c(c5ccccc53)C=CCC4)c2)c2c1c1c(c3ccccc3n1-c1cccc(-n3c4ccccc4c4ccccc43)c1)c1c2c2ccccc2n1-c1cccc(-n2c3ccccc3c3ccccc32)c1. The normalized spacial score (nSPS) is 13.0. The second kappa shape index (κ2) is 18.5. The van der Waals surface area contributed by atoms with E-state index in [1.54, 1.807) is 0 Å². The fourth-order valence-electron chi connectivity index (χ4n) is 14.8. The lowest BCUT2D eigenvalue weighted by molar-refractivity contribution is 0.887. The van der Waals surface area contributed by atoms with E-state index in [2.05, 4.69) is 320 Å². The Balaban J connectivity index is 1.00. The Morgan fingerprint density at radius 1 is 0.329 bits per heavy atom. The van der Waals surface area contributed by atoms with E-state index in [9.17, 15) is 0 Å². The molecule has 6 heteroatoms. The van der Waals surface area contributed by atoms with E-state index in [1.807, 2.05) is 0 Å². The van der Waals surface area contributed by atoms with Crippen LogP contribution in [-0.2, 0) is 6.42 Å². The van der Waals surface area contributed by atoms with E-state index in [0.717, 1.165) is 80.1 Å². The van der Waals surface area contributed by atoms with Crippen LogP contribution >= 0.6 is 0 Å². The number of fused-ring (bicyclic) bond motifs is 19. The lowest BCUT2D eigenvalue weighted by Crippen LogP contribution is -2.04. The molecule has 85 heavy (non-hydrogen) atoms. The molecule has 400 valence electrons. The molecule has 0 bridgehead atoms. The lowest BCUT2D eigenvalue weighted by atomic mass is 10.0. The van der Waals surface area contributed by atoms with Gasteiger partial charge in [-0.3, -0.25) is 0 Å². The van der Waals surface area contributed by atoms with Gasteiger partial charge in [-0.2, -0.15) is 0 Å². The fourth-order valence-corrected chi connectivity index (χ4v) is 14.8. The van der Waals surface area contributed by atoms with Crippen molar-refractivity contribution in [2.45, 2.75) is 19.8 Å². The van der Waals surface area contributed by atoms with E-state index < -0.39 is 0 Å². The molecule has 11 aromatic carbocycles. The second-order valence-electron chi connectivity index (χ2n) is 22.7. The molecule has 18 rings (SSSR count). The summed E-state index contributed by atoms with van der Waals surface area (Å²) in [5.41, 5.74) is 22.1. The van der Waals surface area contributed by atoms with Crippen LogP contribution in [0.3, 0.4) is 0 Å². The monoisotopic (exact) mass is 1090 g/mol. The smallest absolute Gasteiger partial charge is 0.0663 e. The van der Waals surface area contributed by atoms with Crippen molar-refractivity contribution in [3.05, 3.63) is 290 Å². The molecule has 0 fully saturated rings. The largest absolute Gasteiger partial charge is 0.315 e. The van der Waals surface area contributed by atoms with Gasteiger partial charge in [-0.25, -0.2) is 0 Å². The van der Waals surface area contributed by atoms with Crippen molar-refractivity contribution in [1.29, 1.82) is 0 Å². The molecule has 0 radical (unpaired) electrons. The Labute approximate surface area is 489 Å². The zero-order valence-electron chi connectivity index (χ0n) is 46.7. The molecule has 0 saturated heterocycles. The van der Waals surface area contributed by atoms with Crippen molar-refractivity contribution >= 4 is 121 Å². The summed E-state index contributed by atoms with van der Waals surface area (Å²) < 4.78 is 15.0. The van der Waals surface area contributed by atoms with Crippen LogP contribution in [0.15, 0.2) is 273 Å². The molecule has 6 nitrogen and oxygen atoms in total. The summed E-state index contributed by atoms with van der Waals surface area (Å²) in [5.74, 6) is 0. The van der Waals surface area contributed by atoms with Crippen LogP contribution in [0.1, 0.15) is 30.2 Å². The molecule has 6 heterocycles. The molecule has 0 spiro atoms. The predicted molar refractivity (Wildman–Crippen MR) is 359 cm³/mol. The lowest BCUT2D eigenvalue weighted by Gasteiger charge is -2.16. The molecule has 0 saturated carbocycles. The zero-order valence-corrected chi connectivity index (χ0v) is 46.7. The Kier molecular flexibility index (Phi) is 10.3. The van der Waals surface area contributed by atoms with Gasteiger partial charge < -0.3 is 27.4 Å². The first kappa shape index (κ1) is 47.5. The van der Waals surface area contributed by atoms with Crippen molar-refractivity contribution in [3.63, 3.8) is 0 Å². The number of rotatable bonds is 8. The van der Waals surface area contributed by atoms with Crippen LogP contribution in [-0.4, -0.2) is 27.4 Å². The molecule has 17 aromatic rings. The first-order valence-electron chi connectivity index (χ1n) is 29.6. The number of allylic oxidation sites excluding steroid dienone is 4. The maximum atomic E-state index is 2.57. The molecule has 0 N–H and O–H groups in total. The molecule has 0 atom stereocenters. The van der Waals surface area contributed by atoms with Gasteiger partial charge in [0.2, 0.25) is 0 Å². The topological polar surface area (TPSA) is 29.6 Å². The zero-order chi connectivity index (χ0) is 55.9. The summed E-state index contributed by atoms with van der Waals surface area (Å²) >= 11 is 0. The van der Waals surface area contributed by atoms with Crippen molar-refractivity contribution in [2.75, 3.05) is 0 Å². The Morgan fingerprint density at radius 3 is 1.20 bits per heavy atom. The number of aromatic nitrogens is 6. The van der Waals surface area contributed by atoms with Gasteiger partial charge in [0.05, 0.1) is 55.2 Å². The standard InChI is InChI=1S/C79H54N6/c1-2-3-4-24-51-50-80(52-25-21-26-53(47-52)81-66-39-13-5-31-58(66)59-32-6-14-40-67(59)81)77-74(51)78-76(65-38-12-20-46-73(65)84(78)56-29-22-27-54(48-56)82-68-41-15-7-33-60(68)61-34-8-16-42-69(61)82)79-75(77)64-37-11-19-45-72(64)85(79)57-30-23-28-55(49-57)83-70-43-17-9-35-62(70)63-36-10-18-44-71(63)83/h2-13,15-39,41-50H,14,40H2,1H3/b3-2-,24-4-. The molecular weight excluding hydrogens is 1030 g/mol. The Morgan fingerprint density at radius 2 is 0.706 bits per heavy atom. The summed E-state index contributed by atoms with van der Waals surface area (Å²) in [6, 6.07) is 90.0. The van der Waals surface area contributed by atoms with Crippen LogP contribution < -0.4 is 0 Å². The third-order valence-electron chi connectivity index (χ3n) is 18.1. The minimum absolute atomic E-state index is 0.982. The van der Waals surface area contributed by atoms with E-state index in [-0.39, 0.29) is 0 Å². The molecular formula is C79H54N6. The van der Waals surface area contributed by atoms with Crippen molar-refractivity contribution < 1.29 is 0 Å². The molecule has 1 aliphatic carbocycles. The summed E-state index contributed by atoms with van der Waals surface area (Å²) in [6.45, 7) is 2.09. The van der Waals surface area contributed by atoms with Gasteiger partial charge in [0.25, 0.3) is 0 Å². The molecule has 1 aliphatic rings. The minimum atomic E-state index is 0.982. The van der Waals surface area contributed by atoms with Crippen molar-refractivity contribution in [3.8, 4) is 34.1 Å². The summed E-state index contributed by atoms with van der Waals surface area (Å²) in [6.07, 6.45) is 17.8. The first-order valence-corrected chi connectivity index (χ1v) is 29.6. The summed E-state index contributed by atoms with van der Waals surface area (Å²) in [7, 11) is 0. The van der Waals surface area contributed by atoms with Crippen LogP contribution in [0.4, 0.5) is 0 Å². The number of nitrogens with zero attached hydrogens (tertiary/aromatic N) is 6. The highest BCUT2D eigenvalue weighted by Gasteiger charge is 2.29. The number of hydrogen-bond donors (Lipinski definition) is 0. The van der Waals surface area contributed by atoms with Crippen molar-refractivity contribution in [2.24, 2.45) is 0 Å². The van der Waals surface area contributed by atoms with Crippen LogP contribution in [0.25, 0.3) is 155 Å². The van der Waals surface area contributed by atoms with Gasteiger partial charge >= 0.3 is 0 Å². The molecule has 0 amide bonds. The van der Waals surface area contributed by atoms with Gasteiger partial charge in [-0.1, -0.05) is 182 Å². The number of hydrogen-bond acceptors (Lipinski definition) is 0. The van der Waals surface area contributed by atoms with E-state index in [0.29, 0.717) is 0 Å². The molecule has 0 aliphatic heterocycles. The maximum absolute atomic E-state index is 2.57. The number of para-hydroxylation sites is 7. The van der Waals surface area contributed by atoms with Gasteiger partial charge in [0.15, 0.2) is 0 Å². The fraction of sp³-hybridized carbons (Fsp3) is 0.0380. The number of benzene rings is 11. The summed E-state index contributed by atoms with van der Waals surface area (Å²) in [4.78, 5) is 0. The first-order chi connectivity index (χ1) is 42.2. The van der Waals surface area contributed by atoms with Crippen LogP contribution in [0, 0.1) is 0 Å². The van der Waals surface area contributed by atoms with Gasteiger partial charge in [0, 0.05) is 111 Å². The minimum Gasteiger partial charge on any atom is -0.315 e. The average molecular weight is 1090 g/mol. The summed E-state index contributed by atoms with van der Waals surface area (Å²) in [5, 5.41) is 12.2. The van der Waals surface area contributed by atoms with E-state index >= 15 is 0 Å². The Hall–Kier alpha value is -11.1. The third-order valence-corrected chi connectivity index (χ3v) is 18.1. The second-order valence-corrected chi connectivity index (χ2v) is 22.7. The van der Waals surface area contributed by atoms with E-state index in [1.165, 1.54) is 92.7 Å². The van der Waals surface area contributed by atoms with Crippen LogP contribution in [0.2, 0.25) is 0 Å². The van der Waals surface area contributed by atoms with Gasteiger partial charge in [-0.15, -0.1) is 0 Å². The van der Waals surface area contributed by atoms with Crippen LogP contribution in [0.5, 0.6) is 0 Å². The third kappa shape index (κ3) is 6.82. The quantitative estimate of drug-likeness (QED) is 0.136. The predicted octanol–water partition coefficient (Wildman–Crippen LogP) is 20.5.